The number of hydrogen-bond acceptors (Lipinski definition) is 4. The van der Waals surface area contributed by atoms with E-state index in [2.05, 4.69) is 22.5 Å². The van der Waals surface area contributed by atoms with E-state index in [0.29, 0.717) is 10.8 Å². The maximum Gasteiger partial charge on any atom is 0.323 e. The quantitative estimate of drug-likeness (QED) is 0.639. The van der Waals surface area contributed by atoms with Gasteiger partial charge in [0.2, 0.25) is 0 Å². The lowest BCUT2D eigenvalue weighted by atomic mass is 10.1. The second kappa shape index (κ2) is 7.48. The number of rotatable bonds is 5. The summed E-state index contributed by atoms with van der Waals surface area (Å²) < 4.78 is 5.70. The van der Waals surface area contributed by atoms with Crippen molar-refractivity contribution in [2.24, 2.45) is 5.73 Å². The second-order valence-corrected chi connectivity index (χ2v) is 6.28. The van der Waals surface area contributed by atoms with Gasteiger partial charge in [0.15, 0.2) is 0 Å². The fraction of sp³-hybridized carbons (Fsp3) is 0.294. The van der Waals surface area contributed by atoms with E-state index in [4.69, 9.17) is 22.1 Å². The summed E-state index contributed by atoms with van der Waals surface area (Å²) in [5, 5.41) is 8.19. The number of halogens is 1. The fourth-order valence-corrected chi connectivity index (χ4v) is 2.40. The van der Waals surface area contributed by atoms with Gasteiger partial charge in [-0.3, -0.25) is 4.79 Å². The Balaban J connectivity index is 1.97. The van der Waals surface area contributed by atoms with Gasteiger partial charge in [-0.25, -0.2) is 4.79 Å². The summed E-state index contributed by atoms with van der Waals surface area (Å²) in [6, 6.07) is 2.80. The molecule has 0 aromatic heterocycles. The van der Waals surface area contributed by atoms with E-state index < -0.39 is 11.9 Å². The first-order chi connectivity index (χ1) is 11.7. The molecule has 0 aliphatic carbocycles. The van der Waals surface area contributed by atoms with Crippen LogP contribution in [0.15, 0.2) is 35.8 Å². The van der Waals surface area contributed by atoms with Crippen molar-refractivity contribution in [1.29, 1.82) is 0 Å². The van der Waals surface area contributed by atoms with Crippen LogP contribution >= 0.6 is 11.6 Å². The van der Waals surface area contributed by atoms with Crippen molar-refractivity contribution in [3.05, 3.63) is 52.0 Å². The molecule has 1 heterocycles. The predicted octanol–water partition coefficient (Wildman–Crippen LogP) is 1.84. The molecule has 0 saturated carbocycles. The summed E-state index contributed by atoms with van der Waals surface area (Å²) >= 11 is 6.13. The molecule has 1 atom stereocenters. The SMILES string of the molecule is C=C1NC(=O)NC(C(=O)N[C@H](C)COc2cc(C)c(Cl)c(C)c2)=C1N. The number of benzene rings is 1. The third-order valence-corrected chi connectivity index (χ3v) is 4.21. The van der Waals surface area contributed by atoms with Crippen LogP contribution < -0.4 is 26.4 Å². The maximum absolute atomic E-state index is 12.3. The molecule has 7 nitrogen and oxygen atoms in total. The van der Waals surface area contributed by atoms with Crippen molar-refractivity contribution < 1.29 is 14.3 Å². The second-order valence-electron chi connectivity index (χ2n) is 5.90. The van der Waals surface area contributed by atoms with Gasteiger partial charge in [0.1, 0.15) is 18.1 Å². The van der Waals surface area contributed by atoms with Crippen molar-refractivity contribution in [2.45, 2.75) is 26.8 Å². The average molecular weight is 365 g/mol. The van der Waals surface area contributed by atoms with Gasteiger partial charge in [-0.15, -0.1) is 0 Å². The minimum Gasteiger partial charge on any atom is -0.491 e. The maximum atomic E-state index is 12.3. The lowest BCUT2D eigenvalue weighted by Crippen LogP contribution is -2.49. The number of nitrogens with two attached hydrogens (primary N) is 1. The predicted molar refractivity (Wildman–Crippen MR) is 96.0 cm³/mol. The molecule has 25 heavy (non-hydrogen) atoms. The molecular weight excluding hydrogens is 344 g/mol. The number of carbonyl (C=O) groups is 2. The molecule has 1 aromatic carbocycles. The molecule has 1 aliphatic heterocycles. The number of nitrogens with one attached hydrogen (secondary N) is 3. The fourth-order valence-electron chi connectivity index (χ4n) is 2.29. The van der Waals surface area contributed by atoms with Crippen LogP contribution in [0, 0.1) is 13.8 Å². The highest BCUT2D eigenvalue weighted by molar-refractivity contribution is 6.32. The van der Waals surface area contributed by atoms with Crippen LogP contribution in [-0.2, 0) is 4.79 Å². The van der Waals surface area contributed by atoms with Crippen LogP contribution in [0.5, 0.6) is 5.75 Å². The molecule has 1 aliphatic rings. The first-order valence-electron chi connectivity index (χ1n) is 7.66. The van der Waals surface area contributed by atoms with Gasteiger partial charge < -0.3 is 26.4 Å². The van der Waals surface area contributed by atoms with E-state index in [-0.39, 0.29) is 29.7 Å². The topological polar surface area (TPSA) is 105 Å². The Morgan fingerprint density at radius 1 is 1.36 bits per heavy atom. The van der Waals surface area contributed by atoms with Crippen LogP contribution in [-0.4, -0.2) is 24.6 Å². The van der Waals surface area contributed by atoms with Crippen molar-refractivity contribution >= 4 is 23.5 Å². The van der Waals surface area contributed by atoms with Gasteiger partial charge in [-0.1, -0.05) is 18.2 Å². The Hall–Kier alpha value is -2.67. The van der Waals surface area contributed by atoms with Crippen molar-refractivity contribution in [2.75, 3.05) is 6.61 Å². The van der Waals surface area contributed by atoms with Crippen LogP contribution in [0.2, 0.25) is 5.02 Å². The molecule has 0 radical (unpaired) electrons. The first-order valence-corrected chi connectivity index (χ1v) is 8.04. The molecule has 2 rings (SSSR count). The van der Waals surface area contributed by atoms with Gasteiger partial charge in [0, 0.05) is 5.02 Å². The van der Waals surface area contributed by atoms with Gasteiger partial charge in [0.25, 0.3) is 5.91 Å². The Morgan fingerprint density at radius 2 is 1.96 bits per heavy atom. The molecule has 1 aromatic rings. The van der Waals surface area contributed by atoms with Crippen molar-refractivity contribution in [1.82, 2.24) is 16.0 Å². The number of ether oxygens (including phenoxy) is 1. The largest absolute Gasteiger partial charge is 0.491 e. The van der Waals surface area contributed by atoms with Gasteiger partial charge in [0.05, 0.1) is 17.4 Å². The first kappa shape index (κ1) is 18.7. The van der Waals surface area contributed by atoms with E-state index in [1.165, 1.54) is 0 Å². The summed E-state index contributed by atoms with van der Waals surface area (Å²) in [6.45, 7) is 9.41. The average Bonchev–Trinajstić information content (AvgIpc) is 2.53. The molecular formula is C17H21ClN4O3. The Bertz CT molecular complexity index is 750. The Morgan fingerprint density at radius 3 is 2.56 bits per heavy atom. The lowest BCUT2D eigenvalue weighted by molar-refractivity contribution is -0.118. The van der Waals surface area contributed by atoms with E-state index in [1.807, 2.05) is 26.0 Å². The van der Waals surface area contributed by atoms with E-state index >= 15 is 0 Å². The summed E-state index contributed by atoms with van der Waals surface area (Å²) in [4.78, 5) is 23.7. The number of carbonyl (C=O) groups excluding carboxylic acids is 2. The molecule has 0 bridgehead atoms. The van der Waals surface area contributed by atoms with Gasteiger partial charge in [-0.2, -0.15) is 0 Å². The number of amides is 3. The highest BCUT2D eigenvalue weighted by Crippen LogP contribution is 2.25. The van der Waals surface area contributed by atoms with E-state index in [0.717, 1.165) is 11.1 Å². The van der Waals surface area contributed by atoms with Crippen LogP contribution in [0.1, 0.15) is 18.1 Å². The smallest absolute Gasteiger partial charge is 0.323 e. The summed E-state index contributed by atoms with van der Waals surface area (Å²) in [5.41, 5.74) is 7.86. The Labute approximate surface area is 151 Å². The van der Waals surface area contributed by atoms with Crippen LogP contribution in [0.3, 0.4) is 0 Å². The molecule has 0 spiro atoms. The standard InChI is InChI=1S/C17H21ClN4O3/c1-8-5-12(6-9(2)13(8)18)25-7-10(3)20-16(23)15-14(19)11(4)21-17(24)22-15/h5-6,10H,4,7,19H2,1-3H3,(H,20,23)(H2,21,22,24)/t10-/m1/s1. The molecule has 3 amide bonds. The third-order valence-electron chi connectivity index (χ3n) is 3.61. The highest BCUT2D eigenvalue weighted by Gasteiger charge is 2.24. The lowest BCUT2D eigenvalue weighted by Gasteiger charge is -2.22. The molecule has 0 saturated heterocycles. The molecule has 8 heteroatoms. The normalized spacial score (nSPS) is 15.4. The van der Waals surface area contributed by atoms with E-state index in [1.54, 1.807) is 6.92 Å². The molecule has 0 fully saturated rings. The number of hydrogen-bond donors (Lipinski definition) is 4. The van der Waals surface area contributed by atoms with Crippen molar-refractivity contribution in [3.8, 4) is 5.75 Å². The van der Waals surface area contributed by atoms with Crippen molar-refractivity contribution in [3.63, 3.8) is 0 Å². The number of aryl methyl sites for hydroxylation is 2. The minimum absolute atomic E-state index is 0.0289. The summed E-state index contributed by atoms with van der Waals surface area (Å²) in [7, 11) is 0. The van der Waals surface area contributed by atoms with E-state index in [9.17, 15) is 9.59 Å². The number of urea groups is 1. The van der Waals surface area contributed by atoms with Crippen LogP contribution in [0.4, 0.5) is 4.79 Å². The minimum atomic E-state index is -0.555. The molecule has 0 unspecified atom stereocenters. The third kappa shape index (κ3) is 4.45. The zero-order valence-corrected chi connectivity index (χ0v) is 15.1. The molecule has 134 valence electrons. The molecule has 5 N–H and O–H groups in total. The summed E-state index contributed by atoms with van der Waals surface area (Å²) in [5.74, 6) is 0.163. The van der Waals surface area contributed by atoms with Gasteiger partial charge >= 0.3 is 6.03 Å². The zero-order valence-electron chi connectivity index (χ0n) is 14.3. The van der Waals surface area contributed by atoms with Gasteiger partial charge in [-0.05, 0) is 44.0 Å². The monoisotopic (exact) mass is 364 g/mol. The summed E-state index contributed by atoms with van der Waals surface area (Å²) in [6.07, 6.45) is 0. The Kier molecular flexibility index (Phi) is 5.58. The van der Waals surface area contributed by atoms with Crippen LogP contribution in [0.25, 0.3) is 0 Å². The zero-order chi connectivity index (χ0) is 18.7. The highest BCUT2D eigenvalue weighted by atomic mass is 35.5.